The number of carbonyl (C=O) groups is 1. The molecule has 2 aromatic carbocycles. The standard InChI is InChI=1S/C27H27ClN4O6/c28-21-10-17(38-16-4-2-1-3-5-16)6-7-19(21)25(35)20-12-29-26-24(20)27(31-15-30-26)32-22-14-37-18(13-34)11-23(22)36-9-8-33/h1-7,10,12,15,18,22-23,33-34H,8-9,11,13-14H2,(H2,29,30,31,32). The molecular formula is C27H27ClN4O6. The third-order valence-corrected chi connectivity index (χ3v) is 6.60. The normalized spacial score (nSPS) is 19.4. The molecule has 10 nitrogen and oxygen atoms in total. The number of aromatic nitrogens is 3. The molecule has 0 saturated carbocycles. The Balaban J connectivity index is 1.41. The second kappa shape index (κ2) is 11.9. The Morgan fingerprint density at radius 2 is 1.97 bits per heavy atom. The first-order valence-electron chi connectivity index (χ1n) is 12.2. The lowest BCUT2D eigenvalue weighted by atomic mass is 10.0. The predicted molar refractivity (Wildman–Crippen MR) is 141 cm³/mol. The first-order valence-corrected chi connectivity index (χ1v) is 12.6. The van der Waals surface area contributed by atoms with Crippen LogP contribution >= 0.6 is 11.6 Å². The van der Waals surface area contributed by atoms with Crippen molar-refractivity contribution in [2.24, 2.45) is 0 Å². The van der Waals surface area contributed by atoms with Crippen LogP contribution in [-0.2, 0) is 9.47 Å². The van der Waals surface area contributed by atoms with E-state index in [0.29, 0.717) is 45.9 Å². The fourth-order valence-corrected chi connectivity index (χ4v) is 4.69. The maximum atomic E-state index is 13.6. The van der Waals surface area contributed by atoms with Crippen LogP contribution in [-0.4, -0.2) is 75.6 Å². The van der Waals surface area contributed by atoms with Crippen molar-refractivity contribution in [3.05, 3.63) is 77.2 Å². The average molecular weight is 539 g/mol. The van der Waals surface area contributed by atoms with Gasteiger partial charge in [-0.15, -0.1) is 0 Å². The van der Waals surface area contributed by atoms with Crippen LogP contribution in [0.15, 0.2) is 61.1 Å². The highest BCUT2D eigenvalue weighted by Gasteiger charge is 2.33. The van der Waals surface area contributed by atoms with Crippen molar-refractivity contribution in [3.63, 3.8) is 0 Å². The van der Waals surface area contributed by atoms with Crippen molar-refractivity contribution in [3.8, 4) is 11.5 Å². The second-order valence-corrected chi connectivity index (χ2v) is 9.20. The molecule has 11 heteroatoms. The number of halogens is 1. The van der Waals surface area contributed by atoms with Crippen molar-refractivity contribution in [2.45, 2.75) is 24.7 Å². The minimum atomic E-state index is -0.359. The van der Waals surface area contributed by atoms with E-state index in [4.69, 9.17) is 25.8 Å². The smallest absolute Gasteiger partial charge is 0.196 e. The van der Waals surface area contributed by atoms with Gasteiger partial charge in [-0.3, -0.25) is 4.79 Å². The van der Waals surface area contributed by atoms with Gasteiger partial charge in [-0.25, -0.2) is 9.97 Å². The van der Waals surface area contributed by atoms with Gasteiger partial charge in [-0.1, -0.05) is 29.8 Å². The van der Waals surface area contributed by atoms with Gasteiger partial charge in [0.15, 0.2) is 5.78 Å². The zero-order valence-corrected chi connectivity index (χ0v) is 21.1. The van der Waals surface area contributed by atoms with E-state index >= 15 is 0 Å². The van der Waals surface area contributed by atoms with Gasteiger partial charge in [0.25, 0.3) is 0 Å². The number of anilines is 1. The highest BCUT2D eigenvalue weighted by molar-refractivity contribution is 6.35. The predicted octanol–water partition coefficient (Wildman–Crippen LogP) is 3.57. The molecule has 1 aliphatic rings. The monoisotopic (exact) mass is 538 g/mol. The SMILES string of the molecule is O=C(c1ccc(Oc2ccccc2)cc1Cl)c1c[nH]c2ncnc(NC3COC(CO)CC3OCCO)c12. The molecule has 2 aromatic heterocycles. The minimum absolute atomic E-state index is 0.127. The van der Waals surface area contributed by atoms with Gasteiger partial charge in [0.1, 0.15) is 29.3 Å². The van der Waals surface area contributed by atoms with Gasteiger partial charge in [-0.2, -0.15) is 0 Å². The molecule has 38 heavy (non-hydrogen) atoms. The molecule has 1 aliphatic heterocycles. The molecule has 198 valence electrons. The summed E-state index contributed by atoms with van der Waals surface area (Å²) in [5, 5.41) is 22.8. The van der Waals surface area contributed by atoms with Crippen molar-refractivity contribution >= 4 is 34.2 Å². The number of aliphatic hydroxyl groups is 2. The largest absolute Gasteiger partial charge is 0.457 e. The summed E-state index contributed by atoms with van der Waals surface area (Å²) in [5.74, 6) is 1.28. The first kappa shape index (κ1) is 26.1. The van der Waals surface area contributed by atoms with Crippen molar-refractivity contribution in [1.29, 1.82) is 0 Å². The van der Waals surface area contributed by atoms with Gasteiger partial charge in [0.05, 0.1) is 60.6 Å². The summed E-state index contributed by atoms with van der Waals surface area (Å²) in [4.78, 5) is 25.3. The van der Waals surface area contributed by atoms with E-state index in [1.165, 1.54) is 6.33 Å². The Labute approximate surface area is 223 Å². The summed E-state index contributed by atoms with van der Waals surface area (Å²) >= 11 is 6.52. The number of ketones is 1. The summed E-state index contributed by atoms with van der Waals surface area (Å²) in [5.41, 5.74) is 1.13. The minimum Gasteiger partial charge on any atom is -0.457 e. The number of hydrogen-bond acceptors (Lipinski definition) is 9. The molecule has 3 heterocycles. The molecule has 0 spiro atoms. The molecule has 4 N–H and O–H groups in total. The molecule has 1 saturated heterocycles. The summed E-state index contributed by atoms with van der Waals surface area (Å²) in [6.45, 7) is 0.139. The van der Waals surface area contributed by atoms with Gasteiger partial charge in [0.2, 0.25) is 0 Å². The topological polar surface area (TPSA) is 139 Å². The Morgan fingerprint density at radius 3 is 2.74 bits per heavy atom. The highest BCUT2D eigenvalue weighted by atomic mass is 35.5. The molecule has 0 radical (unpaired) electrons. The zero-order valence-electron chi connectivity index (χ0n) is 20.3. The molecule has 1 fully saturated rings. The number of nitrogens with one attached hydrogen (secondary N) is 2. The number of H-pyrrole nitrogens is 1. The number of para-hydroxylation sites is 1. The number of aliphatic hydroxyl groups excluding tert-OH is 2. The van der Waals surface area contributed by atoms with E-state index < -0.39 is 0 Å². The number of aromatic amines is 1. The quantitative estimate of drug-likeness (QED) is 0.223. The molecule has 3 atom stereocenters. The van der Waals surface area contributed by atoms with Gasteiger partial charge in [-0.05, 0) is 24.3 Å². The molecule has 0 aliphatic carbocycles. The summed E-state index contributed by atoms with van der Waals surface area (Å²) in [6, 6.07) is 13.9. The van der Waals surface area contributed by atoms with Gasteiger partial charge >= 0.3 is 0 Å². The third kappa shape index (κ3) is 5.64. The van der Waals surface area contributed by atoms with Crippen LogP contribution in [0.25, 0.3) is 11.0 Å². The number of ether oxygens (including phenoxy) is 3. The van der Waals surface area contributed by atoms with Gasteiger partial charge < -0.3 is 34.7 Å². The zero-order chi connectivity index (χ0) is 26.5. The maximum absolute atomic E-state index is 13.6. The lowest BCUT2D eigenvalue weighted by Crippen LogP contribution is -2.48. The Kier molecular flexibility index (Phi) is 8.16. The van der Waals surface area contributed by atoms with Crippen LogP contribution in [0.3, 0.4) is 0 Å². The number of hydrogen-bond donors (Lipinski definition) is 4. The number of fused-ring (bicyclic) bond motifs is 1. The summed E-state index contributed by atoms with van der Waals surface area (Å²) in [6.07, 6.45) is 2.71. The van der Waals surface area contributed by atoms with Crippen LogP contribution in [0.4, 0.5) is 5.82 Å². The van der Waals surface area contributed by atoms with Crippen molar-refractivity contribution in [2.75, 3.05) is 31.7 Å². The number of rotatable bonds is 10. The van der Waals surface area contributed by atoms with E-state index in [9.17, 15) is 15.0 Å². The highest BCUT2D eigenvalue weighted by Crippen LogP contribution is 2.32. The number of nitrogens with zero attached hydrogens (tertiary/aromatic N) is 2. The van der Waals surface area contributed by atoms with Crippen LogP contribution in [0.5, 0.6) is 11.5 Å². The lowest BCUT2D eigenvalue weighted by molar-refractivity contribution is -0.0982. The van der Waals surface area contributed by atoms with Crippen LogP contribution in [0.2, 0.25) is 5.02 Å². The third-order valence-electron chi connectivity index (χ3n) is 6.28. The van der Waals surface area contributed by atoms with Crippen molar-refractivity contribution < 1.29 is 29.2 Å². The molecule has 0 bridgehead atoms. The molecule has 4 aromatic rings. The van der Waals surface area contributed by atoms with Crippen LogP contribution in [0, 0.1) is 0 Å². The molecule has 5 rings (SSSR count). The molecule has 3 unspecified atom stereocenters. The number of carbonyl (C=O) groups excluding carboxylic acids is 1. The van der Waals surface area contributed by atoms with E-state index in [1.54, 1.807) is 24.4 Å². The van der Waals surface area contributed by atoms with Gasteiger partial charge in [0, 0.05) is 24.2 Å². The van der Waals surface area contributed by atoms with Crippen LogP contribution < -0.4 is 10.1 Å². The number of benzene rings is 2. The van der Waals surface area contributed by atoms with Crippen LogP contribution in [0.1, 0.15) is 22.3 Å². The average Bonchev–Trinajstić information content (AvgIpc) is 3.38. The van der Waals surface area contributed by atoms with Crippen molar-refractivity contribution in [1.82, 2.24) is 15.0 Å². The first-order chi connectivity index (χ1) is 18.6. The Bertz CT molecular complexity index is 1400. The fourth-order valence-electron chi connectivity index (χ4n) is 4.43. The lowest BCUT2D eigenvalue weighted by Gasteiger charge is -2.36. The summed E-state index contributed by atoms with van der Waals surface area (Å²) in [7, 11) is 0. The maximum Gasteiger partial charge on any atom is 0.196 e. The van der Waals surface area contributed by atoms with E-state index in [2.05, 4.69) is 20.3 Å². The molecular weight excluding hydrogens is 512 g/mol. The fraction of sp³-hybridized carbons (Fsp3) is 0.296. The van der Waals surface area contributed by atoms with E-state index in [0.717, 1.165) is 0 Å². The second-order valence-electron chi connectivity index (χ2n) is 8.79. The summed E-state index contributed by atoms with van der Waals surface area (Å²) < 4.78 is 17.4. The van der Waals surface area contributed by atoms with E-state index in [1.807, 2.05) is 30.3 Å². The Hall–Kier alpha value is -3.54. The Morgan fingerprint density at radius 1 is 1.13 bits per heavy atom. The van der Waals surface area contributed by atoms with E-state index in [-0.39, 0.29) is 55.5 Å². The molecule has 0 amide bonds.